The van der Waals surface area contributed by atoms with E-state index in [0.717, 1.165) is 0 Å². The summed E-state index contributed by atoms with van der Waals surface area (Å²) < 4.78 is 0. The van der Waals surface area contributed by atoms with Crippen molar-refractivity contribution in [2.24, 2.45) is 0 Å². The van der Waals surface area contributed by atoms with Crippen LogP contribution in [0.4, 0.5) is 0 Å². The molecule has 1 aliphatic carbocycles. The Morgan fingerprint density at radius 3 is 1.31 bits per heavy atom. The summed E-state index contributed by atoms with van der Waals surface area (Å²) in [5.74, 6) is 0.269. The molecule has 0 atom stereocenters. The first kappa shape index (κ1) is 27.1. The van der Waals surface area contributed by atoms with Crippen molar-refractivity contribution >= 4 is 13.2 Å². The molecule has 0 aromatic heterocycles. The highest BCUT2D eigenvalue weighted by Gasteiger charge is 2.40. The van der Waals surface area contributed by atoms with Gasteiger partial charge in [0, 0.05) is 5.92 Å². The molecule has 3 aromatic rings. The summed E-state index contributed by atoms with van der Waals surface area (Å²) in [6.45, 7) is 28.6. The summed E-state index contributed by atoms with van der Waals surface area (Å²) in [7, 11) is -0.414. The fourth-order valence-corrected chi connectivity index (χ4v) is 10.3. The second-order valence-corrected chi connectivity index (χ2v) is 18.6. The Labute approximate surface area is 222 Å². The first-order valence-corrected chi connectivity index (χ1v) is 14.9. The van der Waals surface area contributed by atoms with E-state index in [0.29, 0.717) is 0 Å². The van der Waals surface area contributed by atoms with Gasteiger partial charge in [0.25, 0.3) is 0 Å². The van der Waals surface area contributed by atoms with E-state index >= 15 is 0 Å². The summed E-state index contributed by atoms with van der Waals surface area (Å²) in [6.07, 6.45) is 0. The van der Waals surface area contributed by atoms with Crippen molar-refractivity contribution in [1.29, 1.82) is 0 Å². The van der Waals surface area contributed by atoms with Gasteiger partial charge in [0.05, 0.1) is 0 Å². The summed E-state index contributed by atoms with van der Waals surface area (Å²) in [5.41, 5.74) is 10.4. The highest BCUT2D eigenvalue weighted by atomic mass is 31.1. The van der Waals surface area contributed by atoms with E-state index in [1.807, 2.05) is 0 Å². The van der Waals surface area contributed by atoms with Crippen LogP contribution >= 0.6 is 7.92 Å². The molecule has 0 heterocycles. The Balaban J connectivity index is 2.05. The third kappa shape index (κ3) is 4.96. The number of hydrogen-bond acceptors (Lipinski definition) is 0. The maximum Gasteiger partial charge on any atom is 0.0358 e. The third-order valence-electron chi connectivity index (χ3n) is 7.58. The Morgan fingerprint density at radius 2 is 0.917 bits per heavy atom. The van der Waals surface area contributed by atoms with E-state index < -0.39 is 7.92 Å². The van der Waals surface area contributed by atoms with Crippen LogP contribution in [0.3, 0.4) is 0 Å². The highest BCUT2D eigenvalue weighted by Crippen LogP contribution is 2.60. The second-order valence-electron chi connectivity index (χ2n) is 14.8. The molecule has 0 radical (unpaired) electrons. The van der Waals surface area contributed by atoms with Crippen molar-refractivity contribution in [1.82, 2.24) is 0 Å². The van der Waals surface area contributed by atoms with Crippen LogP contribution in [-0.2, 0) is 10.8 Å². The molecule has 36 heavy (non-hydrogen) atoms. The third-order valence-corrected chi connectivity index (χ3v) is 11.2. The Morgan fingerprint density at radius 1 is 0.500 bits per heavy atom. The quantitative estimate of drug-likeness (QED) is 0.241. The molecule has 1 heteroatoms. The van der Waals surface area contributed by atoms with Gasteiger partial charge in [-0.05, 0) is 65.4 Å². The summed E-state index contributed by atoms with van der Waals surface area (Å²) in [4.78, 5) is 0. The molecule has 0 aliphatic heterocycles. The Bertz CT molecular complexity index is 1190. The maximum absolute atomic E-state index is 2.52. The first-order valence-electron chi connectivity index (χ1n) is 13.6. The van der Waals surface area contributed by atoms with Crippen molar-refractivity contribution in [3.63, 3.8) is 0 Å². The standard InChI is InChI=1S/C35H47P/c1-32(2,3)23-17-19-25-26-20-18-24(33(4,5)6)22-29(26)31(28(25)21-23)27-15-13-14-16-30(27)36(34(7,8)9)35(10,11)12/h13-22,31H,1-12H3. The molecular formula is C35H47P. The van der Waals surface area contributed by atoms with Gasteiger partial charge in [-0.3, -0.25) is 0 Å². The minimum Gasteiger partial charge on any atom is -0.0640 e. The number of hydrogen-bond donors (Lipinski definition) is 0. The van der Waals surface area contributed by atoms with E-state index in [1.165, 1.54) is 38.9 Å². The van der Waals surface area contributed by atoms with E-state index in [2.05, 4.69) is 144 Å². The first-order chi connectivity index (χ1) is 16.4. The zero-order chi connectivity index (χ0) is 26.8. The van der Waals surface area contributed by atoms with E-state index in [4.69, 9.17) is 0 Å². The van der Waals surface area contributed by atoms with Gasteiger partial charge in [0.15, 0.2) is 0 Å². The Kier molecular flexibility index (Phi) is 6.66. The van der Waals surface area contributed by atoms with Crippen LogP contribution in [0.25, 0.3) is 11.1 Å². The number of fused-ring (bicyclic) bond motifs is 3. The minimum absolute atomic E-state index is 0.119. The van der Waals surface area contributed by atoms with Crippen LogP contribution in [0.5, 0.6) is 0 Å². The van der Waals surface area contributed by atoms with E-state index in [9.17, 15) is 0 Å². The van der Waals surface area contributed by atoms with Gasteiger partial charge < -0.3 is 0 Å². The van der Waals surface area contributed by atoms with Crippen molar-refractivity contribution in [2.45, 2.75) is 110 Å². The summed E-state index contributed by atoms with van der Waals surface area (Å²) >= 11 is 0. The molecule has 0 saturated carbocycles. The number of benzene rings is 3. The van der Waals surface area contributed by atoms with Crippen LogP contribution in [0, 0.1) is 0 Å². The molecule has 4 rings (SSSR count). The predicted octanol–water partition coefficient (Wildman–Crippen LogP) is 10.1. The number of rotatable bonds is 2. The lowest BCUT2D eigenvalue weighted by atomic mass is 9.81. The minimum atomic E-state index is -0.414. The van der Waals surface area contributed by atoms with Gasteiger partial charge in [0.1, 0.15) is 0 Å². The van der Waals surface area contributed by atoms with Crippen LogP contribution in [0.1, 0.15) is 117 Å². The fraction of sp³-hybridized carbons (Fsp3) is 0.486. The smallest absolute Gasteiger partial charge is 0.0358 e. The molecule has 0 N–H and O–H groups in total. The van der Waals surface area contributed by atoms with Gasteiger partial charge in [-0.15, -0.1) is 0 Å². The normalized spacial score (nSPS) is 14.8. The van der Waals surface area contributed by atoms with Gasteiger partial charge in [-0.25, -0.2) is 0 Å². The average molecular weight is 499 g/mol. The Hall–Kier alpha value is -1.91. The summed E-state index contributed by atoms with van der Waals surface area (Å²) in [5, 5.41) is 2.00. The van der Waals surface area contributed by atoms with E-state index in [1.54, 1.807) is 5.30 Å². The molecule has 0 spiro atoms. The molecule has 0 fully saturated rings. The van der Waals surface area contributed by atoms with E-state index in [-0.39, 0.29) is 27.1 Å². The molecular weight excluding hydrogens is 451 g/mol. The second kappa shape index (κ2) is 8.84. The van der Waals surface area contributed by atoms with Gasteiger partial charge in [0.2, 0.25) is 0 Å². The molecule has 0 bridgehead atoms. The van der Waals surface area contributed by atoms with Crippen LogP contribution in [-0.4, -0.2) is 10.3 Å². The average Bonchev–Trinajstić information content (AvgIpc) is 3.04. The van der Waals surface area contributed by atoms with Crippen LogP contribution in [0.2, 0.25) is 0 Å². The zero-order valence-electron chi connectivity index (χ0n) is 24.8. The van der Waals surface area contributed by atoms with Crippen molar-refractivity contribution < 1.29 is 0 Å². The SMILES string of the molecule is CC(C)(C)c1ccc2c(c1)C(c1ccccc1P(C(C)(C)C)C(C)(C)C)c1cc(C(C)(C)C)ccc1-2. The molecule has 0 unspecified atom stereocenters. The molecule has 3 aromatic carbocycles. The van der Waals surface area contributed by atoms with Crippen LogP contribution in [0.15, 0.2) is 60.7 Å². The molecule has 192 valence electrons. The van der Waals surface area contributed by atoms with Gasteiger partial charge in [-0.1, -0.05) is 152 Å². The lowest BCUT2D eigenvalue weighted by molar-refractivity contribution is 0.589. The van der Waals surface area contributed by atoms with Crippen molar-refractivity contribution in [3.05, 3.63) is 88.5 Å². The lowest BCUT2D eigenvalue weighted by Crippen LogP contribution is -2.33. The molecule has 0 saturated heterocycles. The topological polar surface area (TPSA) is 0 Å². The van der Waals surface area contributed by atoms with Crippen molar-refractivity contribution in [3.8, 4) is 11.1 Å². The van der Waals surface area contributed by atoms with Crippen molar-refractivity contribution in [2.75, 3.05) is 0 Å². The zero-order valence-corrected chi connectivity index (χ0v) is 25.7. The molecule has 1 aliphatic rings. The summed E-state index contributed by atoms with van der Waals surface area (Å²) in [6, 6.07) is 23.9. The van der Waals surface area contributed by atoms with Gasteiger partial charge >= 0.3 is 0 Å². The fourth-order valence-electron chi connectivity index (χ4n) is 6.19. The highest BCUT2D eigenvalue weighted by molar-refractivity contribution is 7.68. The predicted molar refractivity (Wildman–Crippen MR) is 163 cm³/mol. The monoisotopic (exact) mass is 498 g/mol. The van der Waals surface area contributed by atoms with Gasteiger partial charge in [-0.2, -0.15) is 0 Å². The lowest BCUT2D eigenvalue weighted by Gasteiger charge is -2.43. The van der Waals surface area contributed by atoms with Crippen LogP contribution < -0.4 is 5.30 Å². The largest absolute Gasteiger partial charge is 0.0640 e. The molecule has 0 amide bonds. The maximum atomic E-state index is 2.52. The molecule has 0 nitrogen and oxygen atoms in total.